The normalized spacial score (nSPS) is 12.5. The van der Waals surface area contributed by atoms with Crippen LogP contribution < -0.4 is 5.32 Å². The maximum atomic E-state index is 13.3. The van der Waals surface area contributed by atoms with Crippen LogP contribution in [0.25, 0.3) is 0 Å². The summed E-state index contributed by atoms with van der Waals surface area (Å²) in [5, 5.41) is 3.40. The molecule has 5 heteroatoms. The van der Waals surface area contributed by atoms with E-state index in [0.29, 0.717) is 4.47 Å². The van der Waals surface area contributed by atoms with E-state index < -0.39 is 0 Å². The molecule has 0 amide bonds. The molecule has 1 aromatic carbocycles. The van der Waals surface area contributed by atoms with Crippen LogP contribution in [0, 0.1) is 12.7 Å². The summed E-state index contributed by atoms with van der Waals surface area (Å²) in [6.45, 7) is 3.99. The van der Waals surface area contributed by atoms with Crippen molar-refractivity contribution in [1.82, 2.24) is 0 Å². The first-order chi connectivity index (χ1) is 8.47. The molecule has 1 atom stereocenters. The minimum Gasteiger partial charge on any atom is -0.377 e. The second-order valence-electron chi connectivity index (χ2n) is 4.09. The first kappa shape index (κ1) is 14.0. The Morgan fingerprint density at radius 3 is 2.61 bits per heavy atom. The monoisotopic (exact) mass is 391 g/mol. The Balaban J connectivity index is 2.21. The lowest BCUT2D eigenvalue weighted by molar-refractivity contribution is 0.620. The number of aryl methyl sites for hydroxylation is 1. The Morgan fingerprint density at radius 1 is 1.28 bits per heavy atom. The molecular weight excluding hydrogens is 381 g/mol. The van der Waals surface area contributed by atoms with Crippen LogP contribution in [0.15, 0.2) is 32.5 Å². The molecule has 0 spiro atoms. The van der Waals surface area contributed by atoms with Gasteiger partial charge in [0.25, 0.3) is 0 Å². The third-order valence-electron chi connectivity index (χ3n) is 2.66. The number of thiophene rings is 1. The standard InChI is InChI=1S/C13H12Br2FNS/c1-7-5-10(16)9(14)6-11(7)17-8(2)12-3-4-13(15)18-12/h3-6,8,17H,1-2H3. The van der Waals surface area contributed by atoms with Gasteiger partial charge >= 0.3 is 0 Å². The van der Waals surface area contributed by atoms with E-state index in [1.807, 2.05) is 13.0 Å². The molecule has 1 aromatic heterocycles. The van der Waals surface area contributed by atoms with Crippen LogP contribution in [0.3, 0.4) is 0 Å². The molecule has 0 radical (unpaired) electrons. The number of halogens is 3. The number of nitrogens with one attached hydrogen (secondary N) is 1. The molecular formula is C13H12Br2FNS. The summed E-state index contributed by atoms with van der Waals surface area (Å²) >= 11 is 8.36. The summed E-state index contributed by atoms with van der Waals surface area (Å²) in [5.74, 6) is -0.232. The Labute approximate surface area is 127 Å². The summed E-state index contributed by atoms with van der Waals surface area (Å²) in [7, 11) is 0. The predicted molar refractivity (Wildman–Crippen MR) is 82.9 cm³/mol. The quantitative estimate of drug-likeness (QED) is 0.686. The third kappa shape index (κ3) is 3.13. The molecule has 0 saturated heterocycles. The first-order valence-corrected chi connectivity index (χ1v) is 7.85. The summed E-state index contributed by atoms with van der Waals surface area (Å²) in [6, 6.07) is 7.62. The van der Waals surface area contributed by atoms with Crippen LogP contribution in [-0.4, -0.2) is 0 Å². The largest absolute Gasteiger partial charge is 0.377 e. The lowest BCUT2D eigenvalue weighted by Gasteiger charge is -2.16. The van der Waals surface area contributed by atoms with E-state index >= 15 is 0 Å². The number of hydrogen-bond acceptors (Lipinski definition) is 2. The fourth-order valence-corrected chi connectivity index (χ4v) is 3.44. The van der Waals surface area contributed by atoms with Crippen molar-refractivity contribution in [3.63, 3.8) is 0 Å². The molecule has 1 nitrogen and oxygen atoms in total. The molecule has 0 aliphatic heterocycles. The van der Waals surface area contributed by atoms with Crippen molar-refractivity contribution in [3.05, 3.63) is 48.8 Å². The van der Waals surface area contributed by atoms with Gasteiger partial charge < -0.3 is 5.32 Å². The summed E-state index contributed by atoms with van der Waals surface area (Å²) in [6.07, 6.45) is 0. The second kappa shape index (κ2) is 5.72. The van der Waals surface area contributed by atoms with Crippen LogP contribution >= 0.6 is 43.2 Å². The van der Waals surface area contributed by atoms with Crippen LogP contribution in [-0.2, 0) is 0 Å². The van der Waals surface area contributed by atoms with Gasteiger partial charge in [0.2, 0.25) is 0 Å². The van der Waals surface area contributed by atoms with E-state index in [9.17, 15) is 4.39 Å². The highest BCUT2D eigenvalue weighted by atomic mass is 79.9. The van der Waals surface area contributed by atoms with E-state index in [4.69, 9.17) is 0 Å². The zero-order valence-corrected chi connectivity index (χ0v) is 13.9. The van der Waals surface area contributed by atoms with E-state index in [1.54, 1.807) is 17.4 Å². The predicted octanol–water partition coefficient (Wildman–Crippen LogP) is 5.89. The van der Waals surface area contributed by atoms with Gasteiger partial charge in [0.15, 0.2) is 0 Å². The molecule has 2 rings (SSSR count). The maximum Gasteiger partial charge on any atom is 0.137 e. The molecule has 2 aromatic rings. The van der Waals surface area contributed by atoms with Crippen molar-refractivity contribution < 1.29 is 4.39 Å². The second-order valence-corrected chi connectivity index (χ2v) is 7.44. The van der Waals surface area contributed by atoms with Gasteiger partial charge in [0, 0.05) is 10.6 Å². The molecule has 18 heavy (non-hydrogen) atoms. The Hall–Kier alpha value is -0.390. The van der Waals surface area contributed by atoms with Crippen molar-refractivity contribution in [2.24, 2.45) is 0 Å². The van der Waals surface area contributed by atoms with Crippen molar-refractivity contribution in [1.29, 1.82) is 0 Å². The fraction of sp³-hybridized carbons (Fsp3) is 0.231. The van der Waals surface area contributed by atoms with E-state index in [-0.39, 0.29) is 11.9 Å². The molecule has 1 N–H and O–H groups in total. The van der Waals surface area contributed by atoms with Crippen molar-refractivity contribution in [2.45, 2.75) is 19.9 Å². The highest BCUT2D eigenvalue weighted by Gasteiger charge is 2.11. The van der Waals surface area contributed by atoms with E-state index in [1.165, 1.54) is 10.9 Å². The third-order valence-corrected chi connectivity index (χ3v) is 5.07. The highest BCUT2D eigenvalue weighted by molar-refractivity contribution is 9.11. The molecule has 0 bridgehead atoms. The lowest BCUT2D eigenvalue weighted by Crippen LogP contribution is -2.06. The van der Waals surface area contributed by atoms with Gasteiger partial charge in [-0.25, -0.2) is 4.39 Å². The Morgan fingerprint density at radius 2 is 2.00 bits per heavy atom. The summed E-state index contributed by atoms with van der Waals surface area (Å²) in [4.78, 5) is 1.24. The average Bonchev–Trinajstić information content (AvgIpc) is 2.73. The van der Waals surface area contributed by atoms with E-state index in [2.05, 4.69) is 50.2 Å². The number of hydrogen-bond donors (Lipinski definition) is 1. The number of anilines is 1. The van der Waals surface area contributed by atoms with Crippen molar-refractivity contribution >= 4 is 48.9 Å². The molecule has 0 aliphatic carbocycles. The Bertz CT molecular complexity index is 568. The molecule has 1 heterocycles. The summed E-state index contributed by atoms with van der Waals surface area (Å²) < 4.78 is 14.9. The molecule has 1 unspecified atom stereocenters. The minimum atomic E-state index is -0.232. The topological polar surface area (TPSA) is 12.0 Å². The van der Waals surface area contributed by atoms with Gasteiger partial charge in [-0.15, -0.1) is 11.3 Å². The molecule has 0 fully saturated rings. The first-order valence-electron chi connectivity index (χ1n) is 5.45. The SMILES string of the molecule is Cc1cc(F)c(Br)cc1NC(C)c1ccc(Br)s1. The minimum absolute atomic E-state index is 0.192. The van der Waals surface area contributed by atoms with E-state index in [0.717, 1.165) is 15.0 Å². The lowest BCUT2D eigenvalue weighted by atomic mass is 10.1. The average molecular weight is 393 g/mol. The number of rotatable bonds is 3. The van der Waals surface area contributed by atoms with Crippen molar-refractivity contribution in [2.75, 3.05) is 5.32 Å². The van der Waals surface area contributed by atoms with Gasteiger partial charge in [-0.2, -0.15) is 0 Å². The molecule has 0 aliphatic rings. The zero-order valence-electron chi connectivity index (χ0n) is 9.93. The Kier molecular flexibility index (Phi) is 4.45. The zero-order chi connectivity index (χ0) is 13.3. The van der Waals surface area contributed by atoms with Crippen LogP contribution in [0.2, 0.25) is 0 Å². The van der Waals surface area contributed by atoms with Gasteiger partial charge in [-0.3, -0.25) is 0 Å². The highest BCUT2D eigenvalue weighted by Crippen LogP contribution is 2.31. The van der Waals surface area contributed by atoms with Gasteiger partial charge in [-0.1, -0.05) is 0 Å². The smallest absolute Gasteiger partial charge is 0.137 e. The number of benzene rings is 1. The molecule has 0 saturated carbocycles. The van der Waals surface area contributed by atoms with Crippen LogP contribution in [0.1, 0.15) is 23.4 Å². The fourth-order valence-electron chi connectivity index (χ4n) is 1.67. The summed E-state index contributed by atoms with van der Waals surface area (Å²) in [5.41, 5.74) is 1.85. The van der Waals surface area contributed by atoms with Gasteiger partial charge in [0.05, 0.1) is 14.3 Å². The van der Waals surface area contributed by atoms with Gasteiger partial charge in [-0.05, 0) is 75.5 Å². The molecule has 96 valence electrons. The van der Waals surface area contributed by atoms with Crippen LogP contribution in [0.5, 0.6) is 0 Å². The van der Waals surface area contributed by atoms with Crippen molar-refractivity contribution in [3.8, 4) is 0 Å². The maximum absolute atomic E-state index is 13.3. The van der Waals surface area contributed by atoms with Gasteiger partial charge in [0.1, 0.15) is 5.82 Å². The van der Waals surface area contributed by atoms with Crippen LogP contribution in [0.4, 0.5) is 10.1 Å².